The Morgan fingerprint density at radius 1 is 1.50 bits per heavy atom. The van der Waals surface area contributed by atoms with E-state index in [0.29, 0.717) is 5.69 Å². The second-order valence-corrected chi connectivity index (χ2v) is 3.54. The summed E-state index contributed by atoms with van der Waals surface area (Å²) in [5.74, 6) is -1.20. The number of pyridine rings is 1. The average molecular weight is 226 g/mol. The number of aliphatic hydroxyl groups excluding tert-OH is 2. The van der Waals surface area contributed by atoms with Crippen LogP contribution in [-0.4, -0.2) is 32.4 Å². The molecule has 0 amide bonds. The van der Waals surface area contributed by atoms with Crippen LogP contribution in [0, 0.1) is 6.92 Å². The highest BCUT2D eigenvalue weighted by atomic mass is 16.4. The van der Waals surface area contributed by atoms with Crippen molar-refractivity contribution in [2.45, 2.75) is 25.6 Å². The number of nitrogen functional groups attached to an aromatic ring is 1. The third-order valence-electron chi connectivity index (χ3n) is 2.13. The average Bonchev–Trinajstić information content (AvgIpc) is 2.19. The van der Waals surface area contributed by atoms with Crippen LogP contribution in [0.2, 0.25) is 0 Å². The van der Waals surface area contributed by atoms with E-state index >= 15 is 0 Å². The Bertz CT molecular complexity index is 394. The number of carboxylic acids is 1. The molecule has 16 heavy (non-hydrogen) atoms. The molecule has 2 atom stereocenters. The number of nitrogens with zero attached hydrogens (tertiary/aromatic N) is 1. The van der Waals surface area contributed by atoms with E-state index in [2.05, 4.69) is 4.98 Å². The molecule has 0 bridgehead atoms. The van der Waals surface area contributed by atoms with Gasteiger partial charge in [-0.15, -0.1) is 0 Å². The Morgan fingerprint density at radius 2 is 2.12 bits per heavy atom. The van der Waals surface area contributed by atoms with Gasteiger partial charge in [0, 0.05) is 5.69 Å². The second kappa shape index (κ2) is 4.91. The predicted octanol–water partition coefficient (Wildman–Crippen LogP) is -0.159. The van der Waals surface area contributed by atoms with Crippen molar-refractivity contribution in [3.8, 4) is 0 Å². The van der Waals surface area contributed by atoms with Crippen LogP contribution >= 0.6 is 0 Å². The minimum atomic E-state index is -1.42. The van der Waals surface area contributed by atoms with Crippen molar-refractivity contribution in [2.75, 3.05) is 5.73 Å². The van der Waals surface area contributed by atoms with Gasteiger partial charge in [-0.3, -0.25) is 9.78 Å². The van der Waals surface area contributed by atoms with E-state index in [1.807, 2.05) is 0 Å². The first-order valence-electron chi connectivity index (χ1n) is 4.72. The van der Waals surface area contributed by atoms with Crippen molar-refractivity contribution in [3.63, 3.8) is 0 Å². The molecule has 2 unspecified atom stereocenters. The summed E-state index contributed by atoms with van der Waals surface area (Å²) in [6.07, 6.45) is -3.37. The maximum Gasteiger partial charge on any atom is 0.306 e. The molecule has 0 aliphatic carbocycles. The number of rotatable bonds is 4. The molecule has 88 valence electrons. The highest BCUT2D eigenvalue weighted by Gasteiger charge is 2.24. The fraction of sp³-hybridized carbons (Fsp3) is 0.400. The van der Waals surface area contributed by atoms with E-state index in [9.17, 15) is 15.0 Å². The molecular weight excluding hydrogens is 212 g/mol. The Hall–Kier alpha value is -1.66. The molecular formula is C10H14N2O4. The van der Waals surface area contributed by atoms with Crippen LogP contribution in [0.25, 0.3) is 0 Å². The standard InChI is InChI=1S/C10H14N2O4/c1-5-2-3-6(11)9(12-5)10(16)7(13)4-8(14)15/h2-3,7,10,13,16H,4,11H2,1H3,(H,14,15). The summed E-state index contributed by atoms with van der Waals surface area (Å²) in [6, 6.07) is 3.21. The highest BCUT2D eigenvalue weighted by molar-refractivity contribution is 5.67. The summed E-state index contributed by atoms with van der Waals surface area (Å²) < 4.78 is 0. The number of aryl methyl sites for hydroxylation is 1. The van der Waals surface area contributed by atoms with E-state index in [1.165, 1.54) is 0 Å². The van der Waals surface area contributed by atoms with Crippen LogP contribution in [0.5, 0.6) is 0 Å². The van der Waals surface area contributed by atoms with Gasteiger partial charge in [-0.05, 0) is 19.1 Å². The third kappa shape index (κ3) is 2.91. The Kier molecular flexibility index (Phi) is 3.81. The Balaban J connectivity index is 2.90. The van der Waals surface area contributed by atoms with Crippen molar-refractivity contribution < 1.29 is 20.1 Å². The first kappa shape index (κ1) is 12.4. The first-order valence-corrected chi connectivity index (χ1v) is 4.72. The van der Waals surface area contributed by atoms with Gasteiger partial charge in [-0.1, -0.05) is 0 Å². The highest BCUT2D eigenvalue weighted by Crippen LogP contribution is 2.22. The zero-order valence-electron chi connectivity index (χ0n) is 8.79. The molecule has 0 saturated carbocycles. The van der Waals surface area contributed by atoms with Gasteiger partial charge < -0.3 is 21.1 Å². The third-order valence-corrected chi connectivity index (χ3v) is 2.13. The summed E-state index contributed by atoms with van der Waals surface area (Å²) in [4.78, 5) is 14.3. The van der Waals surface area contributed by atoms with E-state index < -0.39 is 24.6 Å². The minimum absolute atomic E-state index is 0.105. The van der Waals surface area contributed by atoms with Crippen LogP contribution in [0.3, 0.4) is 0 Å². The number of nitrogens with two attached hydrogens (primary N) is 1. The first-order chi connectivity index (χ1) is 7.41. The van der Waals surface area contributed by atoms with E-state index in [0.717, 1.165) is 0 Å². The largest absolute Gasteiger partial charge is 0.481 e. The SMILES string of the molecule is Cc1ccc(N)c(C(O)C(O)CC(=O)O)n1. The summed E-state index contributed by atoms with van der Waals surface area (Å²) in [7, 11) is 0. The molecule has 1 aromatic rings. The molecule has 1 aromatic heterocycles. The molecule has 1 heterocycles. The van der Waals surface area contributed by atoms with Crippen molar-refractivity contribution in [3.05, 3.63) is 23.5 Å². The molecule has 1 rings (SSSR count). The lowest BCUT2D eigenvalue weighted by atomic mass is 10.1. The lowest BCUT2D eigenvalue weighted by Gasteiger charge is -2.17. The summed E-state index contributed by atoms with van der Waals surface area (Å²) in [6.45, 7) is 1.71. The number of carbonyl (C=O) groups is 1. The summed E-state index contributed by atoms with van der Waals surface area (Å²) >= 11 is 0. The number of aliphatic hydroxyl groups is 2. The van der Waals surface area contributed by atoms with Gasteiger partial charge in [0.1, 0.15) is 6.10 Å². The number of anilines is 1. The number of hydrogen-bond donors (Lipinski definition) is 4. The fourth-order valence-corrected chi connectivity index (χ4v) is 1.30. The van der Waals surface area contributed by atoms with Crippen molar-refractivity contribution >= 4 is 11.7 Å². The molecule has 6 nitrogen and oxygen atoms in total. The number of aromatic nitrogens is 1. The van der Waals surface area contributed by atoms with Crippen LogP contribution in [0.4, 0.5) is 5.69 Å². The van der Waals surface area contributed by atoms with Gasteiger partial charge in [-0.2, -0.15) is 0 Å². The molecule has 0 aliphatic rings. The van der Waals surface area contributed by atoms with Gasteiger partial charge in [0.05, 0.1) is 23.9 Å². The predicted molar refractivity (Wildman–Crippen MR) is 56.6 cm³/mol. The molecule has 0 spiro atoms. The molecule has 0 saturated heterocycles. The van der Waals surface area contributed by atoms with Crippen molar-refractivity contribution in [1.29, 1.82) is 0 Å². The topological polar surface area (TPSA) is 117 Å². The van der Waals surface area contributed by atoms with Crippen LogP contribution in [-0.2, 0) is 4.79 Å². The maximum absolute atomic E-state index is 10.4. The van der Waals surface area contributed by atoms with E-state index in [-0.39, 0.29) is 11.4 Å². The molecule has 5 N–H and O–H groups in total. The lowest BCUT2D eigenvalue weighted by Crippen LogP contribution is -2.23. The van der Waals surface area contributed by atoms with E-state index in [1.54, 1.807) is 19.1 Å². The normalized spacial score (nSPS) is 14.4. The quantitative estimate of drug-likeness (QED) is 0.567. The molecule has 6 heteroatoms. The zero-order chi connectivity index (χ0) is 12.3. The maximum atomic E-state index is 10.4. The molecule has 0 aliphatic heterocycles. The van der Waals surface area contributed by atoms with Crippen molar-refractivity contribution in [2.24, 2.45) is 0 Å². The van der Waals surface area contributed by atoms with Gasteiger partial charge in [0.15, 0.2) is 0 Å². The van der Waals surface area contributed by atoms with Crippen LogP contribution in [0.1, 0.15) is 23.9 Å². The number of aliphatic carboxylic acids is 1. The number of carboxylic acid groups (broad SMARTS) is 1. The van der Waals surface area contributed by atoms with Gasteiger partial charge in [0.25, 0.3) is 0 Å². The smallest absolute Gasteiger partial charge is 0.306 e. The van der Waals surface area contributed by atoms with Crippen LogP contribution < -0.4 is 5.73 Å². The zero-order valence-corrected chi connectivity index (χ0v) is 8.79. The van der Waals surface area contributed by atoms with Gasteiger partial charge in [0.2, 0.25) is 0 Å². The van der Waals surface area contributed by atoms with Gasteiger partial charge in [-0.25, -0.2) is 0 Å². The monoisotopic (exact) mass is 226 g/mol. The molecule has 0 radical (unpaired) electrons. The lowest BCUT2D eigenvalue weighted by molar-refractivity contribution is -0.141. The Morgan fingerprint density at radius 3 is 2.69 bits per heavy atom. The summed E-state index contributed by atoms with van der Waals surface area (Å²) in [5.41, 5.74) is 6.54. The van der Waals surface area contributed by atoms with E-state index in [4.69, 9.17) is 10.8 Å². The van der Waals surface area contributed by atoms with Crippen molar-refractivity contribution in [1.82, 2.24) is 4.98 Å². The molecule has 0 aromatic carbocycles. The summed E-state index contributed by atoms with van der Waals surface area (Å²) in [5, 5.41) is 27.6. The Labute approximate surface area is 92.4 Å². The van der Waals surface area contributed by atoms with Crippen LogP contribution in [0.15, 0.2) is 12.1 Å². The number of hydrogen-bond acceptors (Lipinski definition) is 5. The van der Waals surface area contributed by atoms with Gasteiger partial charge >= 0.3 is 5.97 Å². The second-order valence-electron chi connectivity index (χ2n) is 3.54. The minimum Gasteiger partial charge on any atom is -0.481 e. The fourth-order valence-electron chi connectivity index (χ4n) is 1.30. The molecule has 0 fully saturated rings.